The number of rotatable bonds is 2. The third kappa shape index (κ3) is 2.03. The van der Waals surface area contributed by atoms with Crippen molar-refractivity contribution in [1.82, 2.24) is 19.7 Å². The van der Waals surface area contributed by atoms with Crippen LogP contribution in [0.1, 0.15) is 45.6 Å². The van der Waals surface area contributed by atoms with Crippen LogP contribution in [-0.2, 0) is 6.42 Å². The molecule has 3 rings (SSSR count). The fraction of sp³-hybridized carbons (Fsp3) is 0.417. The zero-order valence-electron chi connectivity index (χ0n) is 10.1. The number of amides is 1. The van der Waals surface area contributed by atoms with Gasteiger partial charge in [-0.05, 0) is 43.8 Å². The second-order valence-electron chi connectivity index (χ2n) is 4.51. The number of H-pyrrole nitrogens is 1. The molecule has 2 N–H and O–H groups in total. The molecule has 0 aliphatic heterocycles. The van der Waals surface area contributed by atoms with Gasteiger partial charge in [0.05, 0.1) is 18.1 Å². The number of aromatic amines is 1. The Morgan fingerprint density at radius 3 is 3.28 bits per heavy atom. The maximum absolute atomic E-state index is 12.1. The van der Waals surface area contributed by atoms with Crippen LogP contribution in [0.5, 0.6) is 0 Å². The Labute approximate surface area is 109 Å². The Bertz CT molecular complexity index is 574. The van der Waals surface area contributed by atoms with E-state index in [9.17, 15) is 4.79 Å². The number of hydrogen-bond acceptors (Lipinski definition) is 4. The van der Waals surface area contributed by atoms with Gasteiger partial charge in [0.25, 0.3) is 5.91 Å². The van der Waals surface area contributed by atoms with Gasteiger partial charge in [-0.15, -0.1) is 0 Å². The van der Waals surface area contributed by atoms with E-state index in [4.69, 9.17) is 0 Å². The maximum Gasteiger partial charge on any atom is 0.271 e. The van der Waals surface area contributed by atoms with Crippen molar-refractivity contribution < 1.29 is 4.79 Å². The van der Waals surface area contributed by atoms with Crippen molar-refractivity contribution in [2.45, 2.75) is 32.2 Å². The van der Waals surface area contributed by atoms with Crippen LogP contribution < -0.4 is 5.32 Å². The van der Waals surface area contributed by atoms with Crippen LogP contribution in [-0.4, -0.2) is 20.2 Å². The van der Waals surface area contributed by atoms with Crippen molar-refractivity contribution in [2.75, 3.05) is 0 Å². The van der Waals surface area contributed by atoms with Gasteiger partial charge in [0.1, 0.15) is 5.69 Å². The first kappa shape index (κ1) is 11.4. The summed E-state index contributed by atoms with van der Waals surface area (Å²) in [6, 6.07) is 1.82. The molecule has 2 aromatic heterocycles. The van der Waals surface area contributed by atoms with Gasteiger partial charge in [-0.1, -0.05) is 0 Å². The van der Waals surface area contributed by atoms with Gasteiger partial charge < -0.3 is 10.3 Å². The lowest BCUT2D eigenvalue weighted by Crippen LogP contribution is -2.31. The van der Waals surface area contributed by atoms with E-state index >= 15 is 0 Å². The number of nitrogens with one attached hydrogen (secondary N) is 2. The first-order chi connectivity index (χ1) is 8.74. The van der Waals surface area contributed by atoms with Crippen LogP contribution >= 0.6 is 11.5 Å². The van der Waals surface area contributed by atoms with Crippen molar-refractivity contribution in [1.29, 1.82) is 0 Å². The zero-order valence-corrected chi connectivity index (χ0v) is 10.9. The molecular formula is C12H14N4OS. The zero-order chi connectivity index (χ0) is 12.5. The normalized spacial score (nSPS) is 18.4. The number of carbonyl (C=O) groups is 1. The molecule has 1 unspecified atom stereocenters. The van der Waals surface area contributed by atoms with E-state index in [2.05, 4.69) is 19.7 Å². The monoisotopic (exact) mass is 262 g/mol. The molecule has 1 amide bonds. The van der Waals surface area contributed by atoms with Crippen molar-refractivity contribution in [2.24, 2.45) is 0 Å². The van der Waals surface area contributed by atoms with Crippen molar-refractivity contribution in [3.63, 3.8) is 0 Å². The molecule has 1 atom stereocenters. The first-order valence-electron chi connectivity index (χ1n) is 6.00. The Morgan fingerprint density at radius 1 is 1.61 bits per heavy atom. The fourth-order valence-electron chi connectivity index (χ4n) is 2.30. The van der Waals surface area contributed by atoms with Crippen molar-refractivity contribution >= 4 is 17.4 Å². The Morgan fingerprint density at radius 2 is 2.50 bits per heavy atom. The Hall–Kier alpha value is -1.69. The first-order valence-corrected chi connectivity index (χ1v) is 6.77. The molecule has 0 aromatic carbocycles. The van der Waals surface area contributed by atoms with Gasteiger partial charge >= 0.3 is 0 Å². The lowest BCUT2D eigenvalue weighted by molar-refractivity contribution is 0.0928. The van der Waals surface area contributed by atoms with Gasteiger partial charge in [0.15, 0.2) is 0 Å². The van der Waals surface area contributed by atoms with Crippen LogP contribution in [0.25, 0.3) is 0 Å². The lowest BCUT2D eigenvalue weighted by atomic mass is 9.96. The molecule has 2 aromatic rings. The predicted octanol–water partition coefficient (Wildman–Crippen LogP) is 1.98. The summed E-state index contributed by atoms with van der Waals surface area (Å²) in [6.07, 6.45) is 4.71. The maximum atomic E-state index is 12.1. The molecule has 0 spiro atoms. The van der Waals surface area contributed by atoms with Crippen LogP contribution in [0.4, 0.5) is 0 Å². The van der Waals surface area contributed by atoms with E-state index in [0.717, 1.165) is 35.5 Å². The second kappa shape index (κ2) is 4.53. The summed E-state index contributed by atoms with van der Waals surface area (Å²) in [5.41, 5.74) is 2.61. The standard InChI is InChI=1S/C12H14N4OS/c1-7-5-10(16-18-7)12(17)15-9-4-2-3-8-11(9)14-6-13-8/h5-6,9H,2-4H2,1H3,(H,13,14)(H,15,17). The summed E-state index contributed by atoms with van der Waals surface area (Å²) in [5.74, 6) is -0.111. The highest BCUT2D eigenvalue weighted by Crippen LogP contribution is 2.27. The van der Waals surface area contributed by atoms with Crippen LogP contribution in [0.3, 0.4) is 0 Å². The quantitative estimate of drug-likeness (QED) is 0.869. The van der Waals surface area contributed by atoms with Crippen LogP contribution in [0, 0.1) is 6.92 Å². The van der Waals surface area contributed by atoms with E-state index < -0.39 is 0 Å². The molecule has 1 aliphatic rings. The number of nitrogens with zero attached hydrogens (tertiary/aromatic N) is 2. The average Bonchev–Trinajstić information content (AvgIpc) is 2.97. The smallest absolute Gasteiger partial charge is 0.271 e. The SMILES string of the molecule is Cc1cc(C(=O)NC2CCCc3[nH]cnc32)ns1. The molecule has 5 nitrogen and oxygen atoms in total. The summed E-state index contributed by atoms with van der Waals surface area (Å²) in [5, 5.41) is 3.01. The summed E-state index contributed by atoms with van der Waals surface area (Å²) in [7, 11) is 0. The third-order valence-electron chi connectivity index (χ3n) is 3.17. The van der Waals surface area contributed by atoms with E-state index in [0.29, 0.717) is 5.69 Å². The molecule has 0 saturated heterocycles. The molecule has 18 heavy (non-hydrogen) atoms. The van der Waals surface area contributed by atoms with Crippen molar-refractivity contribution in [3.05, 3.63) is 34.4 Å². The van der Waals surface area contributed by atoms with Gasteiger partial charge in [0.2, 0.25) is 0 Å². The molecule has 1 aliphatic carbocycles. The van der Waals surface area contributed by atoms with Crippen LogP contribution in [0.15, 0.2) is 12.4 Å². The Balaban J connectivity index is 1.77. The van der Waals surface area contributed by atoms with Crippen molar-refractivity contribution in [3.8, 4) is 0 Å². The number of fused-ring (bicyclic) bond motifs is 1. The average molecular weight is 262 g/mol. The summed E-state index contributed by atoms with van der Waals surface area (Å²) in [6.45, 7) is 1.95. The molecular weight excluding hydrogens is 248 g/mol. The van der Waals surface area contributed by atoms with E-state index in [1.165, 1.54) is 11.5 Å². The number of aryl methyl sites for hydroxylation is 2. The molecule has 0 saturated carbocycles. The Kier molecular flexibility index (Phi) is 2.87. The topological polar surface area (TPSA) is 70.7 Å². The van der Waals surface area contributed by atoms with E-state index in [1.807, 2.05) is 13.0 Å². The molecule has 6 heteroatoms. The summed E-state index contributed by atoms with van der Waals surface area (Å²) in [4.78, 5) is 20.5. The molecule has 2 heterocycles. The minimum Gasteiger partial charge on any atom is -0.348 e. The molecule has 0 bridgehead atoms. The van der Waals surface area contributed by atoms with Gasteiger partial charge in [-0.3, -0.25) is 4.79 Å². The number of hydrogen-bond donors (Lipinski definition) is 2. The highest BCUT2D eigenvalue weighted by Gasteiger charge is 2.25. The van der Waals surface area contributed by atoms with Gasteiger partial charge in [-0.2, -0.15) is 4.37 Å². The summed E-state index contributed by atoms with van der Waals surface area (Å²) < 4.78 is 4.13. The molecule has 94 valence electrons. The number of carbonyl (C=O) groups excluding carboxylic acids is 1. The fourth-order valence-corrected chi connectivity index (χ4v) is 2.84. The molecule has 0 radical (unpaired) electrons. The minimum atomic E-state index is -0.111. The van der Waals surface area contributed by atoms with E-state index in [1.54, 1.807) is 6.33 Å². The van der Waals surface area contributed by atoms with E-state index in [-0.39, 0.29) is 11.9 Å². The third-order valence-corrected chi connectivity index (χ3v) is 3.86. The highest BCUT2D eigenvalue weighted by atomic mass is 32.1. The van der Waals surface area contributed by atoms with Gasteiger partial charge in [0, 0.05) is 10.6 Å². The number of imidazole rings is 1. The number of aromatic nitrogens is 3. The second-order valence-corrected chi connectivity index (χ2v) is 5.52. The van der Waals surface area contributed by atoms with Crippen LogP contribution in [0.2, 0.25) is 0 Å². The van der Waals surface area contributed by atoms with Gasteiger partial charge in [-0.25, -0.2) is 4.98 Å². The predicted molar refractivity (Wildman–Crippen MR) is 68.6 cm³/mol. The highest BCUT2D eigenvalue weighted by molar-refractivity contribution is 7.05. The summed E-state index contributed by atoms with van der Waals surface area (Å²) >= 11 is 1.35. The minimum absolute atomic E-state index is 0.00880. The lowest BCUT2D eigenvalue weighted by Gasteiger charge is -2.21. The largest absolute Gasteiger partial charge is 0.348 e. The molecule has 0 fully saturated rings.